The monoisotopic (exact) mass is 296 g/mol. The number of anilines is 2. The van der Waals surface area contributed by atoms with Crippen molar-refractivity contribution in [3.8, 4) is 0 Å². The molecule has 20 heavy (non-hydrogen) atoms. The van der Waals surface area contributed by atoms with Crippen molar-refractivity contribution in [1.29, 1.82) is 0 Å². The normalized spacial score (nSPS) is 22.8. The van der Waals surface area contributed by atoms with Crippen molar-refractivity contribution in [2.45, 2.75) is 31.7 Å². The van der Waals surface area contributed by atoms with Crippen LogP contribution in [0.1, 0.15) is 25.7 Å². The van der Waals surface area contributed by atoms with Crippen LogP contribution in [0.5, 0.6) is 0 Å². The van der Waals surface area contributed by atoms with E-state index in [0.717, 1.165) is 25.9 Å². The Morgan fingerprint density at radius 3 is 2.70 bits per heavy atom. The molecule has 108 valence electrons. The number of hydrogen-bond donors (Lipinski definition) is 2. The molecule has 7 nitrogen and oxygen atoms in total. The van der Waals surface area contributed by atoms with Crippen LogP contribution in [0, 0.1) is 0 Å². The number of piperidine rings is 1. The van der Waals surface area contributed by atoms with Gasteiger partial charge >= 0.3 is 0 Å². The summed E-state index contributed by atoms with van der Waals surface area (Å²) >= 11 is 5.97. The van der Waals surface area contributed by atoms with Gasteiger partial charge in [0.25, 0.3) is 0 Å². The zero-order valence-electron chi connectivity index (χ0n) is 11.1. The third kappa shape index (κ3) is 3.09. The zero-order chi connectivity index (χ0) is 13.9. The fourth-order valence-electron chi connectivity index (χ4n) is 2.53. The van der Waals surface area contributed by atoms with Crippen molar-refractivity contribution in [3.63, 3.8) is 0 Å². The molecule has 0 bridgehead atoms. The van der Waals surface area contributed by atoms with Crippen LogP contribution in [-0.2, 0) is 4.79 Å². The molecule has 0 radical (unpaired) electrons. The second kappa shape index (κ2) is 5.78. The van der Waals surface area contributed by atoms with Crippen LogP contribution in [0.3, 0.4) is 0 Å². The second-order valence-electron chi connectivity index (χ2n) is 5.13. The number of carbonyl (C=O) groups excluding carboxylic acids is 1. The average Bonchev–Trinajstić information content (AvgIpc) is 2.84. The minimum absolute atomic E-state index is 0.00942. The lowest BCUT2D eigenvalue weighted by atomic mass is 10.1. The zero-order valence-corrected chi connectivity index (χ0v) is 11.9. The van der Waals surface area contributed by atoms with Gasteiger partial charge in [-0.3, -0.25) is 4.79 Å². The van der Waals surface area contributed by atoms with E-state index in [0.29, 0.717) is 24.9 Å². The van der Waals surface area contributed by atoms with E-state index in [2.05, 4.69) is 30.5 Å². The van der Waals surface area contributed by atoms with Crippen LogP contribution in [0.25, 0.3) is 0 Å². The van der Waals surface area contributed by atoms with Crippen LogP contribution in [0.15, 0.2) is 0 Å². The summed E-state index contributed by atoms with van der Waals surface area (Å²) in [6, 6.07) is 0.00942. The van der Waals surface area contributed by atoms with Gasteiger partial charge in [0.05, 0.1) is 6.04 Å². The number of rotatable bonds is 3. The van der Waals surface area contributed by atoms with Gasteiger partial charge in [-0.2, -0.15) is 15.0 Å². The van der Waals surface area contributed by atoms with E-state index < -0.39 is 0 Å². The summed E-state index contributed by atoms with van der Waals surface area (Å²) in [5.74, 6) is 1.09. The molecule has 0 saturated carbocycles. The number of carbonyl (C=O) groups is 1. The van der Waals surface area contributed by atoms with Gasteiger partial charge in [-0.15, -0.1) is 0 Å². The Balaban J connectivity index is 1.74. The first kappa shape index (κ1) is 13.4. The first-order chi connectivity index (χ1) is 9.70. The molecule has 1 aromatic rings. The smallest absolute Gasteiger partial charge is 0.231 e. The largest absolute Gasteiger partial charge is 0.354 e. The topological polar surface area (TPSA) is 83.0 Å². The van der Waals surface area contributed by atoms with Gasteiger partial charge in [0.15, 0.2) is 0 Å². The van der Waals surface area contributed by atoms with E-state index >= 15 is 0 Å². The van der Waals surface area contributed by atoms with Gasteiger partial charge in [0.2, 0.25) is 23.1 Å². The summed E-state index contributed by atoms with van der Waals surface area (Å²) < 4.78 is 0. The second-order valence-corrected chi connectivity index (χ2v) is 5.46. The van der Waals surface area contributed by atoms with Crippen LogP contribution < -0.4 is 15.5 Å². The molecule has 2 aliphatic heterocycles. The number of nitrogens with zero attached hydrogens (tertiary/aromatic N) is 4. The lowest BCUT2D eigenvalue weighted by molar-refractivity contribution is -0.119. The average molecular weight is 297 g/mol. The molecule has 1 aromatic heterocycles. The Morgan fingerprint density at radius 1 is 1.20 bits per heavy atom. The van der Waals surface area contributed by atoms with Crippen molar-refractivity contribution in [2.75, 3.05) is 29.9 Å². The number of aromatic nitrogens is 3. The molecule has 0 spiro atoms. The minimum Gasteiger partial charge on any atom is -0.354 e. The Bertz CT molecular complexity index is 505. The lowest BCUT2D eigenvalue weighted by Crippen LogP contribution is -2.32. The predicted octanol–water partition coefficient (Wildman–Crippen LogP) is 0.816. The summed E-state index contributed by atoms with van der Waals surface area (Å²) in [4.78, 5) is 26.0. The molecule has 3 heterocycles. The molecule has 2 saturated heterocycles. The number of halogens is 1. The van der Waals surface area contributed by atoms with Crippen LogP contribution in [0.2, 0.25) is 5.28 Å². The fourth-order valence-corrected chi connectivity index (χ4v) is 2.68. The van der Waals surface area contributed by atoms with Crippen molar-refractivity contribution in [2.24, 2.45) is 0 Å². The van der Waals surface area contributed by atoms with Gasteiger partial charge in [-0.1, -0.05) is 0 Å². The number of hydrogen-bond acceptors (Lipinski definition) is 6. The van der Waals surface area contributed by atoms with Crippen molar-refractivity contribution in [1.82, 2.24) is 20.3 Å². The molecule has 0 aliphatic carbocycles. The lowest BCUT2D eigenvalue weighted by Gasteiger charge is -2.26. The van der Waals surface area contributed by atoms with E-state index in [1.807, 2.05) is 0 Å². The van der Waals surface area contributed by atoms with Crippen molar-refractivity contribution >= 4 is 29.4 Å². The van der Waals surface area contributed by atoms with E-state index in [-0.39, 0.29) is 17.2 Å². The van der Waals surface area contributed by atoms with Crippen LogP contribution >= 0.6 is 11.6 Å². The fraction of sp³-hybridized carbons (Fsp3) is 0.667. The predicted molar refractivity (Wildman–Crippen MR) is 75.9 cm³/mol. The Labute approximate surface area is 122 Å². The minimum atomic E-state index is 0.00942. The number of amides is 1. The van der Waals surface area contributed by atoms with Crippen LogP contribution in [-0.4, -0.2) is 46.5 Å². The summed E-state index contributed by atoms with van der Waals surface area (Å²) in [6.07, 6.45) is 3.97. The molecule has 1 atom stereocenters. The van der Waals surface area contributed by atoms with Gasteiger partial charge in [0, 0.05) is 26.1 Å². The molecule has 1 amide bonds. The Hall–Kier alpha value is -1.63. The Morgan fingerprint density at radius 2 is 2.00 bits per heavy atom. The Kier molecular flexibility index (Phi) is 3.86. The van der Waals surface area contributed by atoms with Crippen molar-refractivity contribution < 1.29 is 4.79 Å². The van der Waals surface area contributed by atoms with E-state index in [1.54, 1.807) is 0 Å². The van der Waals surface area contributed by atoms with Gasteiger partial charge in [-0.05, 0) is 30.9 Å². The van der Waals surface area contributed by atoms with E-state index in [1.165, 1.54) is 6.42 Å². The molecular formula is C12H17ClN6O. The summed E-state index contributed by atoms with van der Waals surface area (Å²) in [5.41, 5.74) is 0. The summed E-state index contributed by atoms with van der Waals surface area (Å²) in [6.45, 7) is 2.48. The molecule has 3 rings (SSSR count). The third-order valence-electron chi connectivity index (χ3n) is 3.55. The quantitative estimate of drug-likeness (QED) is 0.859. The molecule has 2 fully saturated rings. The maximum atomic E-state index is 11.2. The molecule has 8 heteroatoms. The third-order valence-corrected chi connectivity index (χ3v) is 3.71. The van der Waals surface area contributed by atoms with E-state index in [4.69, 9.17) is 11.6 Å². The highest BCUT2D eigenvalue weighted by Gasteiger charge is 2.23. The number of nitrogens with one attached hydrogen (secondary N) is 2. The maximum absolute atomic E-state index is 11.2. The highest BCUT2D eigenvalue weighted by Crippen LogP contribution is 2.19. The highest BCUT2D eigenvalue weighted by molar-refractivity contribution is 6.28. The van der Waals surface area contributed by atoms with Gasteiger partial charge in [0.1, 0.15) is 0 Å². The molecule has 0 aromatic carbocycles. The van der Waals surface area contributed by atoms with Crippen LogP contribution in [0.4, 0.5) is 11.9 Å². The first-order valence-electron chi connectivity index (χ1n) is 6.90. The SMILES string of the molecule is O=C1CC(Nc2nc(Cl)nc(N3CCCCC3)n2)CN1. The maximum Gasteiger partial charge on any atom is 0.231 e. The van der Waals surface area contributed by atoms with Crippen molar-refractivity contribution in [3.05, 3.63) is 5.28 Å². The van der Waals surface area contributed by atoms with Gasteiger partial charge in [-0.25, -0.2) is 0 Å². The van der Waals surface area contributed by atoms with Gasteiger partial charge < -0.3 is 15.5 Å². The molecule has 1 unspecified atom stereocenters. The molecule has 2 aliphatic rings. The summed E-state index contributed by atoms with van der Waals surface area (Å²) in [7, 11) is 0. The molecule has 2 N–H and O–H groups in total. The molecular weight excluding hydrogens is 280 g/mol. The highest BCUT2D eigenvalue weighted by atomic mass is 35.5. The first-order valence-corrected chi connectivity index (χ1v) is 7.28. The standard InChI is InChI=1S/C12H17ClN6O/c13-10-16-11(15-8-6-9(20)14-7-8)18-12(17-10)19-4-2-1-3-5-19/h8H,1-7H2,(H,14,20)(H,15,16,17,18). The summed E-state index contributed by atoms with van der Waals surface area (Å²) in [5, 5.41) is 6.08. The van der Waals surface area contributed by atoms with E-state index in [9.17, 15) is 4.79 Å².